The number of pyridine rings is 1. The summed E-state index contributed by atoms with van der Waals surface area (Å²) in [4.78, 5) is 36.3. The van der Waals surface area contributed by atoms with Crippen molar-refractivity contribution in [3.63, 3.8) is 0 Å². The van der Waals surface area contributed by atoms with Gasteiger partial charge in [0.25, 0.3) is 0 Å². The van der Waals surface area contributed by atoms with E-state index in [0.717, 1.165) is 12.1 Å². The Bertz CT molecular complexity index is 1460. The average molecular weight is 508 g/mol. The van der Waals surface area contributed by atoms with Crippen LogP contribution in [0.2, 0.25) is 0 Å². The minimum Gasteiger partial charge on any atom is -0.487 e. The summed E-state index contributed by atoms with van der Waals surface area (Å²) >= 11 is 0. The highest BCUT2D eigenvalue weighted by Gasteiger charge is 2.26. The second-order valence-electron chi connectivity index (χ2n) is 8.27. The molecule has 0 saturated carbocycles. The number of piperidine rings is 1. The first-order chi connectivity index (χ1) is 17.9. The van der Waals surface area contributed by atoms with Crippen molar-refractivity contribution in [3.05, 3.63) is 60.2 Å². The van der Waals surface area contributed by atoms with E-state index in [4.69, 9.17) is 24.2 Å². The van der Waals surface area contributed by atoms with E-state index in [2.05, 4.69) is 15.0 Å². The molecule has 0 spiro atoms. The molecule has 10 nitrogen and oxygen atoms in total. The second-order valence-corrected chi connectivity index (χ2v) is 8.27. The number of anilines is 1. The molecule has 1 aliphatic heterocycles. The summed E-state index contributed by atoms with van der Waals surface area (Å²) < 4.78 is 43.1. The maximum absolute atomic E-state index is 14.1. The molecule has 190 valence electrons. The lowest BCUT2D eigenvalue weighted by molar-refractivity contribution is 0.0594. The quantitative estimate of drug-likeness (QED) is 0.358. The molecule has 0 atom stereocenters. The van der Waals surface area contributed by atoms with Gasteiger partial charge in [0, 0.05) is 32.0 Å². The highest BCUT2D eigenvalue weighted by Crippen LogP contribution is 2.32. The van der Waals surface area contributed by atoms with Gasteiger partial charge in [0.1, 0.15) is 28.8 Å². The van der Waals surface area contributed by atoms with Crippen LogP contribution < -0.4 is 14.4 Å². The number of hydrogen-bond acceptors (Lipinski definition) is 10. The SMILES string of the molecule is COC(=O)c1cc2nc(N3CCC(Oc4ccc(F)cc4F)CC3)c(-c3cncc(OC)n3)nc2cn1. The first-order valence-electron chi connectivity index (χ1n) is 11.4. The normalized spacial score (nSPS) is 14.0. The zero-order valence-corrected chi connectivity index (χ0v) is 20.0. The van der Waals surface area contributed by atoms with E-state index in [-0.39, 0.29) is 17.5 Å². The number of methoxy groups -OCH3 is 2. The number of carbonyl (C=O) groups is 1. The number of benzene rings is 1. The van der Waals surface area contributed by atoms with Crippen LogP contribution in [0.15, 0.2) is 42.9 Å². The third-order valence-electron chi connectivity index (χ3n) is 5.92. The number of fused-ring (bicyclic) bond motifs is 1. The standard InChI is InChI=1S/C25H22F2N6O4/c1-35-22-13-28-11-20(30-22)23-24(32-17-10-18(25(34)36-2)29-12-19(17)31-23)33-7-5-15(6-8-33)37-21-4-3-14(26)9-16(21)27/h3-4,9-13,15H,5-8H2,1-2H3. The van der Waals surface area contributed by atoms with E-state index >= 15 is 0 Å². The molecular weight excluding hydrogens is 486 g/mol. The van der Waals surface area contributed by atoms with Gasteiger partial charge in [0.05, 0.1) is 38.3 Å². The zero-order valence-electron chi connectivity index (χ0n) is 20.0. The molecule has 3 aromatic heterocycles. The fourth-order valence-corrected chi connectivity index (χ4v) is 4.06. The Hall–Kier alpha value is -4.48. The Morgan fingerprint density at radius 1 is 1.00 bits per heavy atom. The molecule has 0 aliphatic carbocycles. The summed E-state index contributed by atoms with van der Waals surface area (Å²) in [5, 5.41) is 0. The van der Waals surface area contributed by atoms with Crippen LogP contribution in [-0.2, 0) is 4.74 Å². The van der Waals surface area contributed by atoms with E-state index < -0.39 is 17.6 Å². The Labute approximate surface area is 210 Å². The maximum Gasteiger partial charge on any atom is 0.356 e. The molecule has 1 aromatic carbocycles. The summed E-state index contributed by atoms with van der Waals surface area (Å²) in [7, 11) is 2.77. The van der Waals surface area contributed by atoms with Crippen molar-refractivity contribution in [3.8, 4) is 23.0 Å². The molecule has 0 radical (unpaired) electrons. The predicted octanol–water partition coefficient (Wildman–Crippen LogP) is 3.60. The fraction of sp³-hybridized carbons (Fsp3) is 0.280. The summed E-state index contributed by atoms with van der Waals surface area (Å²) in [5.74, 6) is -1.12. The number of aromatic nitrogens is 5. The highest BCUT2D eigenvalue weighted by atomic mass is 19.1. The van der Waals surface area contributed by atoms with Gasteiger partial charge in [-0.1, -0.05) is 0 Å². The number of rotatable bonds is 6. The van der Waals surface area contributed by atoms with Gasteiger partial charge in [-0.3, -0.25) is 4.98 Å². The topological polar surface area (TPSA) is 112 Å². The zero-order chi connectivity index (χ0) is 25.9. The van der Waals surface area contributed by atoms with Crippen molar-refractivity contribution in [2.45, 2.75) is 18.9 Å². The number of halogens is 2. The summed E-state index contributed by atoms with van der Waals surface area (Å²) in [6.45, 7) is 1.04. The van der Waals surface area contributed by atoms with Gasteiger partial charge in [-0.05, 0) is 18.2 Å². The van der Waals surface area contributed by atoms with E-state index in [1.54, 1.807) is 6.20 Å². The van der Waals surface area contributed by atoms with Crippen LogP contribution in [0.4, 0.5) is 14.6 Å². The smallest absolute Gasteiger partial charge is 0.356 e. The van der Waals surface area contributed by atoms with Crippen molar-refractivity contribution in [1.29, 1.82) is 0 Å². The van der Waals surface area contributed by atoms with Gasteiger partial charge >= 0.3 is 5.97 Å². The lowest BCUT2D eigenvalue weighted by atomic mass is 10.1. The van der Waals surface area contributed by atoms with Crippen molar-refractivity contribution >= 4 is 22.8 Å². The molecule has 0 unspecified atom stereocenters. The van der Waals surface area contributed by atoms with E-state index in [1.165, 1.54) is 38.7 Å². The summed E-state index contributed by atoms with van der Waals surface area (Å²) in [6, 6.07) is 4.77. The highest BCUT2D eigenvalue weighted by molar-refractivity contribution is 5.92. The Morgan fingerprint density at radius 2 is 1.81 bits per heavy atom. The van der Waals surface area contributed by atoms with Crippen molar-refractivity contribution in [2.75, 3.05) is 32.2 Å². The minimum absolute atomic E-state index is 0.0144. The van der Waals surface area contributed by atoms with Gasteiger partial charge in [-0.15, -0.1) is 0 Å². The van der Waals surface area contributed by atoms with Crippen molar-refractivity contribution in [2.24, 2.45) is 0 Å². The van der Waals surface area contributed by atoms with Crippen molar-refractivity contribution in [1.82, 2.24) is 24.9 Å². The van der Waals surface area contributed by atoms with Crippen LogP contribution in [0.3, 0.4) is 0 Å². The Kier molecular flexibility index (Phi) is 6.71. The van der Waals surface area contributed by atoms with Crippen LogP contribution >= 0.6 is 0 Å². The second kappa shape index (κ2) is 10.2. The van der Waals surface area contributed by atoms with Gasteiger partial charge < -0.3 is 19.1 Å². The van der Waals surface area contributed by atoms with E-state index in [0.29, 0.717) is 60.1 Å². The monoisotopic (exact) mass is 508 g/mol. The molecule has 1 fully saturated rings. The Morgan fingerprint density at radius 3 is 2.54 bits per heavy atom. The molecule has 5 rings (SSSR count). The molecule has 0 bridgehead atoms. The van der Waals surface area contributed by atoms with Crippen LogP contribution in [0, 0.1) is 11.6 Å². The third-order valence-corrected chi connectivity index (χ3v) is 5.92. The van der Waals surface area contributed by atoms with Crippen LogP contribution in [0.1, 0.15) is 23.3 Å². The van der Waals surface area contributed by atoms with E-state index in [9.17, 15) is 13.6 Å². The van der Waals surface area contributed by atoms with E-state index in [1.807, 2.05) is 4.90 Å². The first-order valence-corrected chi connectivity index (χ1v) is 11.4. The number of ether oxygens (including phenoxy) is 3. The van der Waals surface area contributed by atoms with Gasteiger partial charge in [-0.25, -0.2) is 33.5 Å². The van der Waals surface area contributed by atoms with Crippen LogP contribution in [-0.4, -0.2) is 64.3 Å². The Balaban J connectivity index is 1.47. The largest absolute Gasteiger partial charge is 0.487 e. The molecule has 0 amide bonds. The lowest BCUT2D eigenvalue weighted by Crippen LogP contribution is -2.39. The minimum atomic E-state index is -0.739. The first kappa shape index (κ1) is 24.2. The molecular formula is C25H22F2N6O4. The summed E-state index contributed by atoms with van der Waals surface area (Å²) in [5.41, 5.74) is 1.94. The molecule has 37 heavy (non-hydrogen) atoms. The third kappa shape index (κ3) is 5.08. The maximum atomic E-state index is 14.1. The van der Waals surface area contributed by atoms with Crippen molar-refractivity contribution < 1.29 is 27.8 Å². The molecule has 4 heterocycles. The van der Waals surface area contributed by atoms with Crippen LogP contribution in [0.25, 0.3) is 22.4 Å². The predicted molar refractivity (Wildman–Crippen MR) is 128 cm³/mol. The number of carbonyl (C=O) groups excluding carboxylic acids is 1. The molecule has 0 N–H and O–H groups in total. The molecule has 12 heteroatoms. The summed E-state index contributed by atoms with van der Waals surface area (Å²) in [6.07, 6.45) is 5.35. The molecule has 1 aliphatic rings. The number of esters is 1. The van der Waals surface area contributed by atoms with Crippen LogP contribution in [0.5, 0.6) is 11.6 Å². The average Bonchev–Trinajstić information content (AvgIpc) is 2.93. The molecule has 1 saturated heterocycles. The van der Waals surface area contributed by atoms with Gasteiger partial charge in [0.15, 0.2) is 23.1 Å². The fourth-order valence-electron chi connectivity index (χ4n) is 4.06. The number of nitrogens with zero attached hydrogens (tertiary/aromatic N) is 6. The molecule has 4 aromatic rings. The number of hydrogen-bond donors (Lipinski definition) is 0. The lowest BCUT2D eigenvalue weighted by Gasteiger charge is -2.33. The van der Waals surface area contributed by atoms with Gasteiger partial charge in [0.2, 0.25) is 5.88 Å². The van der Waals surface area contributed by atoms with Gasteiger partial charge in [-0.2, -0.15) is 0 Å².